The monoisotopic (exact) mass is 642 g/mol. The van der Waals surface area contributed by atoms with Crippen LogP contribution in [-0.2, 0) is 20.9 Å². The molecule has 2 unspecified atom stereocenters. The van der Waals surface area contributed by atoms with Gasteiger partial charge in [-0.15, -0.1) is 0 Å². The lowest BCUT2D eigenvalue weighted by Crippen LogP contribution is -2.47. The smallest absolute Gasteiger partial charge is 0.302 e. The first-order valence-corrected chi connectivity index (χ1v) is 14.4. The van der Waals surface area contributed by atoms with E-state index in [-0.39, 0.29) is 57.6 Å². The fourth-order valence-electron chi connectivity index (χ4n) is 5.42. The number of piperazine rings is 1. The number of amides is 1. The van der Waals surface area contributed by atoms with Gasteiger partial charge < -0.3 is 30.7 Å². The molecule has 4 N–H and O–H groups in total. The van der Waals surface area contributed by atoms with E-state index in [1.54, 1.807) is 12.4 Å². The molecule has 1 amide bonds. The third-order valence-corrected chi connectivity index (χ3v) is 7.44. The number of ether oxygens (including phenoxy) is 1. The van der Waals surface area contributed by atoms with Crippen LogP contribution in [0.25, 0.3) is 11.3 Å². The Morgan fingerprint density at radius 1 is 1.11 bits per heavy atom. The van der Waals surface area contributed by atoms with Gasteiger partial charge in [-0.1, -0.05) is 12.1 Å². The molecule has 2 aliphatic rings. The molecule has 2 atom stereocenters. The third kappa shape index (κ3) is 9.79. The zero-order valence-electron chi connectivity index (χ0n) is 24.8. The van der Waals surface area contributed by atoms with Gasteiger partial charge in [0.25, 0.3) is 0 Å². The van der Waals surface area contributed by atoms with Gasteiger partial charge in [0, 0.05) is 75.8 Å². The van der Waals surface area contributed by atoms with E-state index in [4.69, 9.17) is 9.72 Å². The zero-order chi connectivity index (χ0) is 29.3. The fourth-order valence-corrected chi connectivity index (χ4v) is 5.42. The van der Waals surface area contributed by atoms with E-state index < -0.39 is 0 Å². The second kappa shape index (κ2) is 17.2. The number of anilines is 3. The molecule has 44 heavy (non-hydrogen) atoms. The van der Waals surface area contributed by atoms with E-state index >= 15 is 0 Å². The van der Waals surface area contributed by atoms with Crippen molar-refractivity contribution in [2.75, 3.05) is 56.0 Å². The number of rotatable bonds is 11. The molecule has 12 nitrogen and oxygen atoms in total. The SMILES string of the molecule is CC(=O)OC1CC(CCNC(=O)CN2CCNCC2)N(c2ccc(-c3ccnc(Nc4cccc(CO)c4)n3)cn2)C1.S.S. The molecule has 1 aromatic carbocycles. The van der Waals surface area contributed by atoms with Crippen LogP contribution >= 0.6 is 27.0 Å². The summed E-state index contributed by atoms with van der Waals surface area (Å²) < 4.78 is 5.54. The van der Waals surface area contributed by atoms with Crippen LogP contribution in [-0.4, -0.2) is 94.8 Å². The summed E-state index contributed by atoms with van der Waals surface area (Å²) in [6.07, 6.45) is 4.62. The number of esters is 1. The van der Waals surface area contributed by atoms with Crippen LogP contribution < -0.4 is 20.9 Å². The van der Waals surface area contributed by atoms with Crippen LogP contribution in [0.3, 0.4) is 0 Å². The average Bonchev–Trinajstić information content (AvgIpc) is 3.39. The molecular weight excluding hydrogens is 601 g/mol. The van der Waals surface area contributed by atoms with Crippen LogP contribution in [0.5, 0.6) is 0 Å². The zero-order valence-corrected chi connectivity index (χ0v) is 26.8. The molecule has 0 bridgehead atoms. The number of aliphatic hydroxyl groups is 1. The van der Waals surface area contributed by atoms with Crippen LogP contribution in [0.1, 0.15) is 25.3 Å². The number of hydrogen-bond donors (Lipinski definition) is 4. The summed E-state index contributed by atoms with van der Waals surface area (Å²) in [6, 6.07) is 13.2. The Labute approximate surface area is 271 Å². The van der Waals surface area contributed by atoms with Gasteiger partial charge in [-0.05, 0) is 42.3 Å². The van der Waals surface area contributed by atoms with Crippen molar-refractivity contribution in [3.63, 3.8) is 0 Å². The van der Waals surface area contributed by atoms with E-state index in [0.717, 1.165) is 48.8 Å². The first-order chi connectivity index (χ1) is 20.5. The van der Waals surface area contributed by atoms with E-state index in [1.807, 2.05) is 42.5 Å². The highest BCUT2D eigenvalue weighted by atomic mass is 32.1. The number of pyridine rings is 1. The second-order valence-corrected chi connectivity index (χ2v) is 10.6. The van der Waals surface area contributed by atoms with Gasteiger partial charge in [-0.2, -0.15) is 27.0 Å². The number of aromatic nitrogens is 3. The summed E-state index contributed by atoms with van der Waals surface area (Å²) in [6.45, 7) is 6.43. The summed E-state index contributed by atoms with van der Waals surface area (Å²) >= 11 is 0. The van der Waals surface area contributed by atoms with Crippen molar-refractivity contribution < 1.29 is 19.4 Å². The minimum Gasteiger partial charge on any atom is -0.461 e. The molecule has 0 radical (unpaired) electrons. The number of nitrogens with one attached hydrogen (secondary N) is 3. The molecule has 3 aromatic rings. The number of benzene rings is 1. The minimum absolute atomic E-state index is 0. The normalized spacial score (nSPS) is 18.1. The standard InChI is InChI=1S/C30H38N8O4.2H2S/c1-21(40)42-26-16-25(7-9-32-29(41)19-37-13-11-31-12-14-37)38(18-26)28-6-5-23(17-34-28)27-8-10-33-30(36-27)35-24-4-2-3-22(15-24)20-39;;/h2-6,8,10,15,17,25-26,31,39H,7,9,11-14,16,18-20H2,1H3,(H,32,41)(H,33,35,36);2*1H2. The van der Waals surface area contributed by atoms with Crippen molar-refractivity contribution in [1.82, 2.24) is 30.5 Å². The average molecular weight is 643 g/mol. The first-order valence-electron chi connectivity index (χ1n) is 14.4. The molecule has 14 heteroatoms. The number of nitrogens with zero attached hydrogens (tertiary/aromatic N) is 5. The lowest BCUT2D eigenvalue weighted by atomic mass is 10.1. The lowest BCUT2D eigenvalue weighted by Gasteiger charge is -2.27. The molecule has 0 saturated carbocycles. The fraction of sp³-hybridized carbons (Fsp3) is 0.433. The Morgan fingerprint density at radius 3 is 2.66 bits per heavy atom. The quantitative estimate of drug-likeness (QED) is 0.228. The molecule has 238 valence electrons. The largest absolute Gasteiger partial charge is 0.461 e. The Kier molecular flexibility index (Phi) is 13.7. The van der Waals surface area contributed by atoms with Crippen molar-refractivity contribution in [3.8, 4) is 11.3 Å². The molecule has 0 spiro atoms. The summed E-state index contributed by atoms with van der Waals surface area (Å²) in [4.78, 5) is 42.1. The second-order valence-electron chi connectivity index (χ2n) is 10.6. The highest BCUT2D eigenvalue weighted by Crippen LogP contribution is 2.29. The molecule has 4 heterocycles. The number of hydrogen-bond acceptors (Lipinski definition) is 11. The van der Waals surface area contributed by atoms with Crippen LogP contribution in [0.15, 0.2) is 54.9 Å². The molecule has 2 saturated heterocycles. The van der Waals surface area contributed by atoms with Gasteiger partial charge in [0.15, 0.2) is 0 Å². The van der Waals surface area contributed by atoms with Gasteiger partial charge in [0.05, 0.1) is 25.4 Å². The Bertz CT molecular complexity index is 1360. The highest BCUT2D eigenvalue weighted by Gasteiger charge is 2.34. The maximum Gasteiger partial charge on any atom is 0.302 e. The third-order valence-electron chi connectivity index (χ3n) is 7.44. The van der Waals surface area contributed by atoms with E-state index in [2.05, 4.69) is 35.7 Å². The van der Waals surface area contributed by atoms with Gasteiger partial charge in [-0.25, -0.2) is 15.0 Å². The first kappa shape index (κ1) is 35.1. The van der Waals surface area contributed by atoms with Crippen molar-refractivity contribution in [2.45, 2.75) is 38.5 Å². The maximum absolute atomic E-state index is 12.5. The Hall–Kier alpha value is -3.43. The van der Waals surface area contributed by atoms with Crippen molar-refractivity contribution in [3.05, 3.63) is 60.4 Å². The lowest BCUT2D eigenvalue weighted by molar-refractivity contribution is -0.145. The molecule has 5 rings (SSSR count). The maximum atomic E-state index is 12.5. The van der Waals surface area contributed by atoms with E-state index in [9.17, 15) is 14.7 Å². The molecule has 0 aliphatic carbocycles. The summed E-state index contributed by atoms with van der Waals surface area (Å²) in [7, 11) is 0. The van der Waals surface area contributed by atoms with Crippen molar-refractivity contribution in [1.29, 1.82) is 0 Å². The summed E-state index contributed by atoms with van der Waals surface area (Å²) in [5.74, 6) is 0.943. The number of aliphatic hydroxyl groups excluding tert-OH is 1. The summed E-state index contributed by atoms with van der Waals surface area (Å²) in [5, 5.41) is 18.9. The van der Waals surface area contributed by atoms with Gasteiger partial charge in [-0.3, -0.25) is 14.5 Å². The summed E-state index contributed by atoms with van der Waals surface area (Å²) in [5.41, 5.74) is 3.13. The predicted octanol–water partition coefficient (Wildman–Crippen LogP) is 1.92. The van der Waals surface area contributed by atoms with Gasteiger partial charge in [0.1, 0.15) is 11.9 Å². The minimum atomic E-state index is -0.301. The molecule has 2 aromatic heterocycles. The van der Waals surface area contributed by atoms with E-state index in [0.29, 0.717) is 44.1 Å². The molecular formula is C30H42N8O4S2. The molecule has 2 aliphatic heterocycles. The van der Waals surface area contributed by atoms with Gasteiger partial charge >= 0.3 is 5.97 Å². The van der Waals surface area contributed by atoms with Gasteiger partial charge in [0.2, 0.25) is 11.9 Å². The number of carbonyl (C=O) groups excluding carboxylic acids is 2. The predicted molar refractivity (Wildman–Crippen MR) is 180 cm³/mol. The van der Waals surface area contributed by atoms with Crippen LogP contribution in [0, 0.1) is 0 Å². The molecule has 2 fully saturated rings. The van der Waals surface area contributed by atoms with Crippen molar-refractivity contribution in [2.24, 2.45) is 0 Å². The van der Waals surface area contributed by atoms with E-state index in [1.165, 1.54) is 6.92 Å². The Morgan fingerprint density at radius 2 is 1.93 bits per heavy atom. The van der Waals surface area contributed by atoms with Crippen molar-refractivity contribution >= 4 is 56.3 Å². The van der Waals surface area contributed by atoms with Crippen LogP contribution in [0.4, 0.5) is 17.5 Å². The topological polar surface area (TPSA) is 145 Å². The highest BCUT2D eigenvalue weighted by molar-refractivity contribution is 7.59. The Balaban J connectivity index is 0.00000264. The van der Waals surface area contributed by atoms with Crippen LogP contribution in [0.2, 0.25) is 0 Å². The number of carbonyl (C=O) groups is 2.